The molecule has 0 amide bonds. The molecule has 2 rings (SSSR count). The molecule has 2 aromatic rings. The highest BCUT2D eigenvalue weighted by Gasteiger charge is 2.11. The molecule has 2 N–H and O–H groups in total. The van der Waals surface area contributed by atoms with E-state index in [2.05, 4.69) is 15.6 Å². The van der Waals surface area contributed by atoms with Gasteiger partial charge in [-0.25, -0.2) is 13.8 Å². The fraction of sp³-hybridized carbons (Fsp3) is 0.0769. The molecular formula is C13H10F2N4. The smallest absolute Gasteiger partial charge is 0.169 e. The first-order chi connectivity index (χ1) is 9.13. The molecule has 0 atom stereocenters. The molecule has 0 aliphatic rings. The maximum Gasteiger partial charge on any atom is 0.169 e. The van der Waals surface area contributed by atoms with E-state index in [4.69, 9.17) is 5.26 Å². The Morgan fingerprint density at radius 3 is 2.32 bits per heavy atom. The number of hydrogen-bond acceptors (Lipinski definition) is 4. The number of pyridine rings is 1. The summed E-state index contributed by atoms with van der Waals surface area (Å²) in [6.07, 6.45) is 0. The molecular weight excluding hydrogens is 250 g/mol. The first-order valence-electron chi connectivity index (χ1n) is 5.45. The minimum atomic E-state index is -0.791. The Bertz CT molecular complexity index is 632. The van der Waals surface area contributed by atoms with Gasteiger partial charge in [-0.1, -0.05) is 0 Å². The Balaban J connectivity index is 2.29. The molecule has 0 spiro atoms. The molecule has 6 heteroatoms. The Hall–Kier alpha value is -2.68. The number of nitriles is 1. The number of benzene rings is 1. The molecule has 96 valence electrons. The average molecular weight is 260 g/mol. The van der Waals surface area contributed by atoms with Crippen LogP contribution in [-0.4, -0.2) is 12.0 Å². The van der Waals surface area contributed by atoms with Gasteiger partial charge in [0.15, 0.2) is 23.3 Å². The summed E-state index contributed by atoms with van der Waals surface area (Å²) in [4.78, 5) is 3.79. The summed E-state index contributed by atoms with van der Waals surface area (Å²) in [7, 11) is 1.49. The van der Waals surface area contributed by atoms with E-state index in [1.807, 2.05) is 6.07 Å². The summed E-state index contributed by atoms with van der Waals surface area (Å²) < 4.78 is 26.8. The zero-order chi connectivity index (χ0) is 13.8. The monoisotopic (exact) mass is 260 g/mol. The quantitative estimate of drug-likeness (QED) is 0.890. The van der Waals surface area contributed by atoms with E-state index in [-0.39, 0.29) is 11.6 Å². The van der Waals surface area contributed by atoms with E-state index in [0.717, 1.165) is 6.07 Å². The number of rotatable bonds is 3. The maximum absolute atomic E-state index is 13.6. The molecule has 0 bridgehead atoms. The van der Waals surface area contributed by atoms with Crippen LogP contribution in [0.2, 0.25) is 0 Å². The third kappa shape index (κ3) is 2.77. The number of nitrogens with zero attached hydrogens (tertiary/aromatic N) is 2. The minimum Gasteiger partial charge on any atom is -0.371 e. The van der Waals surface area contributed by atoms with Gasteiger partial charge in [-0.3, -0.25) is 0 Å². The molecule has 0 saturated heterocycles. The summed E-state index contributed by atoms with van der Waals surface area (Å²) in [6.45, 7) is 0. The summed E-state index contributed by atoms with van der Waals surface area (Å²) in [5.74, 6) is -1.68. The Kier molecular flexibility index (Phi) is 3.57. The summed E-state index contributed by atoms with van der Waals surface area (Å²) in [6, 6.07) is 9.13. The Morgan fingerprint density at radius 1 is 1.11 bits per heavy atom. The van der Waals surface area contributed by atoms with Crippen LogP contribution in [-0.2, 0) is 0 Å². The molecule has 0 saturated carbocycles. The van der Waals surface area contributed by atoms with Crippen molar-refractivity contribution in [1.29, 1.82) is 5.26 Å². The summed E-state index contributed by atoms with van der Waals surface area (Å²) >= 11 is 0. The second-order valence-electron chi connectivity index (χ2n) is 3.71. The van der Waals surface area contributed by atoms with Crippen LogP contribution in [0.1, 0.15) is 5.56 Å². The van der Waals surface area contributed by atoms with Gasteiger partial charge in [-0.05, 0) is 24.3 Å². The molecule has 0 radical (unpaired) electrons. The molecule has 0 aliphatic carbocycles. The van der Waals surface area contributed by atoms with Crippen LogP contribution in [0.5, 0.6) is 0 Å². The second kappa shape index (κ2) is 5.31. The molecule has 1 heterocycles. The lowest BCUT2D eigenvalue weighted by Crippen LogP contribution is -2.03. The van der Waals surface area contributed by atoms with E-state index in [0.29, 0.717) is 11.3 Å². The normalized spacial score (nSPS) is 9.79. The highest BCUT2D eigenvalue weighted by atomic mass is 19.1. The fourth-order valence-electron chi connectivity index (χ4n) is 1.49. The van der Waals surface area contributed by atoms with Gasteiger partial charge in [0.25, 0.3) is 0 Å². The molecule has 1 aromatic heterocycles. The Labute approximate surface area is 108 Å². The summed E-state index contributed by atoms with van der Waals surface area (Å²) in [5.41, 5.74) is 1.05. The van der Waals surface area contributed by atoms with Crippen LogP contribution in [0.3, 0.4) is 0 Å². The van der Waals surface area contributed by atoms with Crippen molar-refractivity contribution in [2.75, 3.05) is 17.7 Å². The fourth-order valence-corrected chi connectivity index (χ4v) is 1.49. The minimum absolute atomic E-state index is 0.0439. The van der Waals surface area contributed by atoms with Crippen LogP contribution in [0.15, 0.2) is 30.3 Å². The van der Waals surface area contributed by atoms with Gasteiger partial charge < -0.3 is 10.6 Å². The summed E-state index contributed by atoms with van der Waals surface area (Å²) in [5, 5.41) is 13.9. The van der Waals surface area contributed by atoms with Crippen molar-refractivity contribution < 1.29 is 8.78 Å². The van der Waals surface area contributed by atoms with Crippen LogP contribution in [0, 0.1) is 23.0 Å². The van der Waals surface area contributed by atoms with Crippen LogP contribution in [0.25, 0.3) is 0 Å². The van der Waals surface area contributed by atoms with Crippen molar-refractivity contribution in [3.63, 3.8) is 0 Å². The number of halogens is 2. The highest BCUT2D eigenvalue weighted by molar-refractivity contribution is 5.59. The molecule has 4 nitrogen and oxygen atoms in total. The zero-order valence-electron chi connectivity index (χ0n) is 10.0. The van der Waals surface area contributed by atoms with Crippen LogP contribution >= 0.6 is 0 Å². The van der Waals surface area contributed by atoms with Crippen LogP contribution < -0.4 is 10.6 Å². The lowest BCUT2D eigenvalue weighted by atomic mass is 10.2. The lowest BCUT2D eigenvalue weighted by Gasteiger charge is -2.09. The van der Waals surface area contributed by atoms with E-state index in [9.17, 15) is 8.78 Å². The lowest BCUT2D eigenvalue weighted by molar-refractivity contribution is 0.580. The molecule has 19 heavy (non-hydrogen) atoms. The van der Waals surface area contributed by atoms with Crippen molar-refractivity contribution in [3.8, 4) is 6.07 Å². The number of nitrogens with one attached hydrogen (secondary N) is 2. The number of hydrogen-bond donors (Lipinski definition) is 2. The standard InChI is InChI=1S/C13H10F2N4/c1-17-12-10(14)6-11(15)13(19-12)18-9-4-2-8(7-16)3-5-9/h2-6H,1H3,(H2,17,18,19). The highest BCUT2D eigenvalue weighted by Crippen LogP contribution is 2.22. The van der Waals surface area contributed by atoms with Gasteiger partial charge >= 0.3 is 0 Å². The second-order valence-corrected chi connectivity index (χ2v) is 3.71. The predicted molar refractivity (Wildman–Crippen MR) is 68.1 cm³/mol. The first kappa shape index (κ1) is 12.8. The molecule has 0 unspecified atom stereocenters. The van der Waals surface area contributed by atoms with Gasteiger partial charge in [-0.15, -0.1) is 0 Å². The topological polar surface area (TPSA) is 60.7 Å². The van der Waals surface area contributed by atoms with Crippen molar-refractivity contribution >= 4 is 17.3 Å². The first-order valence-corrected chi connectivity index (χ1v) is 5.45. The van der Waals surface area contributed by atoms with Gasteiger partial charge in [0.1, 0.15) is 0 Å². The van der Waals surface area contributed by atoms with Gasteiger partial charge in [-0.2, -0.15) is 5.26 Å². The predicted octanol–water partition coefficient (Wildman–Crippen LogP) is 3.02. The molecule has 0 aliphatic heterocycles. The maximum atomic E-state index is 13.6. The van der Waals surface area contributed by atoms with Gasteiger partial charge in [0.2, 0.25) is 0 Å². The van der Waals surface area contributed by atoms with Crippen LogP contribution in [0.4, 0.5) is 26.1 Å². The van der Waals surface area contributed by atoms with Crippen molar-refractivity contribution in [2.24, 2.45) is 0 Å². The number of aromatic nitrogens is 1. The average Bonchev–Trinajstić information content (AvgIpc) is 2.42. The van der Waals surface area contributed by atoms with Crippen molar-refractivity contribution in [1.82, 2.24) is 4.98 Å². The third-order valence-corrected chi connectivity index (χ3v) is 2.44. The van der Waals surface area contributed by atoms with E-state index < -0.39 is 11.6 Å². The third-order valence-electron chi connectivity index (χ3n) is 2.44. The molecule has 0 fully saturated rings. The van der Waals surface area contributed by atoms with E-state index >= 15 is 0 Å². The number of anilines is 3. The van der Waals surface area contributed by atoms with Gasteiger partial charge in [0.05, 0.1) is 11.6 Å². The van der Waals surface area contributed by atoms with Crippen molar-refractivity contribution in [3.05, 3.63) is 47.5 Å². The van der Waals surface area contributed by atoms with E-state index in [1.165, 1.54) is 7.05 Å². The van der Waals surface area contributed by atoms with E-state index in [1.54, 1.807) is 24.3 Å². The zero-order valence-corrected chi connectivity index (χ0v) is 10.0. The molecule has 1 aromatic carbocycles. The Morgan fingerprint density at radius 2 is 1.74 bits per heavy atom. The SMILES string of the molecule is CNc1nc(Nc2ccc(C#N)cc2)c(F)cc1F. The largest absolute Gasteiger partial charge is 0.371 e. The van der Waals surface area contributed by atoms with Gasteiger partial charge in [0, 0.05) is 18.8 Å². The van der Waals surface area contributed by atoms with Crippen molar-refractivity contribution in [2.45, 2.75) is 0 Å².